The molecule has 0 saturated carbocycles. The van der Waals surface area contributed by atoms with Crippen molar-refractivity contribution in [1.29, 1.82) is 0 Å². The van der Waals surface area contributed by atoms with Crippen LogP contribution >= 0.6 is 0 Å². The fraction of sp³-hybridized carbons (Fsp3) is 0.400. The van der Waals surface area contributed by atoms with Gasteiger partial charge in [0, 0.05) is 50.1 Å². The van der Waals surface area contributed by atoms with E-state index in [2.05, 4.69) is 0 Å². The molecule has 2 aromatic rings. The molecular formula is C25H26N2O5. The first kappa shape index (κ1) is 20.5. The van der Waals surface area contributed by atoms with E-state index in [0.717, 1.165) is 19.3 Å². The van der Waals surface area contributed by atoms with Gasteiger partial charge >= 0.3 is 0 Å². The molecule has 0 N–H and O–H groups in total. The van der Waals surface area contributed by atoms with E-state index in [-0.39, 0.29) is 37.2 Å². The molecular weight excluding hydrogens is 408 g/mol. The first-order valence-electron chi connectivity index (χ1n) is 11.2. The third-order valence-electron chi connectivity index (χ3n) is 6.53. The number of ketones is 1. The number of aryl methyl sites for hydroxylation is 2. The predicted molar refractivity (Wildman–Crippen MR) is 117 cm³/mol. The number of carbonyl (C=O) groups is 3. The molecule has 0 bridgehead atoms. The molecule has 0 spiro atoms. The third-order valence-corrected chi connectivity index (χ3v) is 6.53. The molecule has 5 rings (SSSR count). The summed E-state index contributed by atoms with van der Waals surface area (Å²) in [5, 5.41) is 0. The van der Waals surface area contributed by atoms with Crippen LogP contribution in [0.25, 0.3) is 0 Å². The van der Waals surface area contributed by atoms with E-state index >= 15 is 0 Å². The molecule has 166 valence electrons. The predicted octanol–water partition coefficient (Wildman–Crippen LogP) is 2.85. The summed E-state index contributed by atoms with van der Waals surface area (Å²) in [4.78, 5) is 41.5. The summed E-state index contributed by atoms with van der Waals surface area (Å²) in [6.45, 7) is 2.06. The Morgan fingerprint density at radius 1 is 0.750 bits per heavy atom. The minimum Gasteiger partial charge on any atom is -0.454 e. The Kier molecular flexibility index (Phi) is 5.55. The van der Waals surface area contributed by atoms with E-state index in [9.17, 15) is 14.4 Å². The minimum absolute atomic E-state index is 0.0182. The van der Waals surface area contributed by atoms with Crippen molar-refractivity contribution in [3.63, 3.8) is 0 Å². The van der Waals surface area contributed by atoms with Crippen LogP contribution in [0.1, 0.15) is 51.1 Å². The standard InChI is InChI=1S/C25H26N2O5/c28-21(19-5-4-17-2-1-3-18(17)14-19)7-9-24(29)26-10-12-27(13-11-26)25(30)20-6-8-22-23(15-20)32-16-31-22/h4-6,8,14-15H,1-3,7,9-13,16H2. The summed E-state index contributed by atoms with van der Waals surface area (Å²) in [5.74, 6) is 1.13. The number of Topliss-reactive ketones (excluding diaryl/α,β-unsaturated/α-hetero) is 1. The number of rotatable bonds is 5. The van der Waals surface area contributed by atoms with Gasteiger partial charge in [0.1, 0.15) is 0 Å². The highest BCUT2D eigenvalue weighted by Crippen LogP contribution is 2.33. The van der Waals surface area contributed by atoms with Crippen molar-refractivity contribution in [2.75, 3.05) is 33.0 Å². The van der Waals surface area contributed by atoms with Crippen LogP contribution in [-0.4, -0.2) is 60.4 Å². The Hall–Kier alpha value is -3.35. The summed E-state index contributed by atoms with van der Waals surface area (Å²) in [5.41, 5.74) is 3.86. The molecule has 1 saturated heterocycles. The maximum atomic E-state index is 12.8. The fourth-order valence-electron chi connectivity index (χ4n) is 4.64. The van der Waals surface area contributed by atoms with E-state index in [1.54, 1.807) is 28.0 Å². The Morgan fingerprint density at radius 3 is 2.31 bits per heavy atom. The third kappa shape index (κ3) is 4.07. The van der Waals surface area contributed by atoms with Crippen LogP contribution in [0.2, 0.25) is 0 Å². The lowest BCUT2D eigenvalue weighted by molar-refractivity contribution is -0.132. The number of hydrogen-bond donors (Lipinski definition) is 0. The molecule has 0 atom stereocenters. The van der Waals surface area contributed by atoms with Crippen LogP contribution in [0.5, 0.6) is 11.5 Å². The SMILES string of the molecule is O=C(CCC(=O)N1CCN(C(=O)c2ccc3c(c2)OCO3)CC1)c1ccc2c(c1)CCC2. The topological polar surface area (TPSA) is 76.2 Å². The minimum atomic E-state index is -0.0813. The first-order valence-corrected chi connectivity index (χ1v) is 11.2. The van der Waals surface area contributed by atoms with E-state index in [4.69, 9.17) is 9.47 Å². The molecule has 2 amide bonds. The molecule has 0 aromatic heterocycles. The number of piperazine rings is 1. The van der Waals surface area contributed by atoms with Gasteiger partial charge in [-0.25, -0.2) is 0 Å². The van der Waals surface area contributed by atoms with Crippen molar-refractivity contribution >= 4 is 17.6 Å². The highest BCUT2D eigenvalue weighted by atomic mass is 16.7. The summed E-state index contributed by atoms with van der Waals surface area (Å²) in [6.07, 6.45) is 3.69. The second kappa shape index (κ2) is 8.65. The lowest BCUT2D eigenvalue weighted by Gasteiger charge is -2.35. The van der Waals surface area contributed by atoms with Gasteiger partial charge in [0.25, 0.3) is 5.91 Å². The van der Waals surface area contributed by atoms with Crippen molar-refractivity contribution in [1.82, 2.24) is 9.80 Å². The van der Waals surface area contributed by atoms with Crippen LogP contribution in [0.15, 0.2) is 36.4 Å². The van der Waals surface area contributed by atoms with E-state index in [0.29, 0.717) is 48.8 Å². The van der Waals surface area contributed by atoms with Gasteiger partial charge in [-0.1, -0.05) is 12.1 Å². The van der Waals surface area contributed by atoms with Crippen LogP contribution in [0, 0.1) is 0 Å². The van der Waals surface area contributed by atoms with Crippen LogP contribution in [-0.2, 0) is 17.6 Å². The molecule has 3 aliphatic rings. The maximum Gasteiger partial charge on any atom is 0.254 e. The molecule has 1 fully saturated rings. The van der Waals surface area contributed by atoms with Gasteiger partial charge in [-0.3, -0.25) is 14.4 Å². The van der Waals surface area contributed by atoms with Crippen molar-refractivity contribution in [2.45, 2.75) is 32.1 Å². The Bertz CT molecular complexity index is 1070. The maximum absolute atomic E-state index is 12.8. The quantitative estimate of drug-likeness (QED) is 0.677. The van der Waals surface area contributed by atoms with Gasteiger partial charge in [0.2, 0.25) is 12.7 Å². The molecule has 0 unspecified atom stereocenters. The van der Waals surface area contributed by atoms with E-state index in [1.165, 1.54) is 11.1 Å². The molecule has 7 nitrogen and oxygen atoms in total. The molecule has 7 heteroatoms. The fourth-order valence-corrected chi connectivity index (χ4v) is 4.64. The second-order valence-electron chi connectivity index (χ2n) is 8.50. The number of benzene rings is 2. The zero-order valence-corrected chi connectivity index (χ0v) is 18.0. The zero-order valence-electron chi connectivity index (χ0n) is 18.0. The Morgan fingerprint density at radius 2 is 1.47 bits per heavy atom. The van der Waals surface area contributed by atoms with Gasteiger partial charge in [0.15, 0.2) is 17.3 Å². The lowest BCUT2D eigenvalue weighted by Crippen LogP contribution is -2.50. The van der Waals surface area contributed by atoms with Crippen LogP contribution in [0.4, 0.5) is 0 Å². The summed E-state index contributed by atoms with van der Waals surface area (Å²) in [7, 11) is 0. The molecule has 32 heavy (non-hydrogen) atoms. The highest BCUT2D eigenvalue weighted by molar-refractivity contribution is 5.98. The molecule has 2 heterocycles. The van der Waals surface area contributed by atoms with Crippen molar-refractivity contribution < 1.29 is 23.9 Å². The van der Waals surface area contributed by atoms with Gasteiger partial charge < -0.3 is 19.3 Å². The van der Waals surface area contributed by atoms with Crippen molar-refractivity contribution in [3.05, 3.63) is 58.7 Å². The number of amides is 2. The zero-order chi connectivity index (χ0) is 22.1. The van der Waals surface area contributed by atoms with Gasteiger partial charge in [0.05, 0.1) is 0 Å². The van der Waals surface area contributed by atoms with Crippen LogP contribution in [0.3, 0.4) is 0 Å². The van der Waals surface area contributed by atoms with Gasteiger partial charge in [-0.2, -0.15) is 0 Å². The summed E-state index contributed by atoms with van der Waals surface area (Å²) in [6, 6.07) is 11.1. The number of carbonyl (C=O) groups excluding carboxylic acids is 3. The average molecular weight is 434 g/mol. The summed E-state index contributed by atoms with van der Waals surface area (Å²) >= 11 is 0. The normalized spacial score (nSPS) is 16.8. The molecule has 2 aliphatic heterocycles. The van der Waals surface area contributed by atoms with Gasteiger partial charge in [-0.05, 0) is 54.7 Å². The first-order chi connectivity index (χ1) is 15.6. The lowest BCUT2D eigenvalue weighted by atomic mass is 10.0. The van der Waals surface area contributed by atoms with Crippen LogP contribution < -0.4 is 9.47 Å². The molecule has 0 radical (unpaired) electrons. The number of fused-ring (bicyclic) bond motifs is 2. The monoisotopic (exact) mass is 434 g/mol. The number of nitrogens with zero attached hydrogens (tertiary/aromatic N) is 2. The molecule has 1 aliphatic carbocycles. The highest BCUT2D eigenvalue weighted by Gasteiger charge is 2.26. The van der Waals surface area contributed by atoms with Crippen molar-refractivity contribution in [3.8, 4) is 11.5 Å². The Labute approximate surface area is 186 Å². The second-order valence-corrected chi connectivity index (χ2v) is 8.50. The number of ether oxygens (including phenoxy) is 2. The van der Waals surface area contributed by atoms with Crippen molar-refractivity contribution in [2.24, 2.45) is 0 Å². The number of hydrogen-bond acceptors (Lipinski definition) is 5. The molecule has 2 aromatic carbocycles. The van der Waals surface area contributed by atoms with E-state index < -0.39 is 0 Å². The smallest absolute Gasteiger partial charge is 0.254 e. The largest absolute Gasteiger partial charge is 0.454 e. The average Bonchev–Trinajstić information content (AvgIpc) is 3.50. The Balaban J connectivity index is 1.11. The van der Waals surface area contributed by atoms with E-state index in [1.807, 2.05) is 18.2 Å². The van der Waals surface area contributed by atoms with Gasteiger partial charge in [-0.15, -0.1) is 0 Å². The summed E-state index contributed by atoms with van der Waals surface area (Å²) < 4.78 is 10.6.